The number of nitrogens with zero attached hydrogens (tertiary/aromatic N) is 3. The van der Waals surface area contributed by atoms with Crippen LogP contribution in [0, 0.1) is 13.8 Å². The standard InChI is InChI=1S/C15H21N3O3/c1-10-14(11(2)17-9-16-10)15(21)18-8-4-3-5-12(18)6-7-13(19)20/h9,12H,3-8H2,1-2H3,(H,19,20)/t12-/m1/s1. The molecule has 1 N–H and O–H groups in total. The molecular weight excluding hydrogens is 270 g/mol. The Morgan fingerprint density at radius 1 is 1.29 bits per heavy atom. The average molecular weight is 291 g/mol. The number of piperidine rings is 1. The third kappa shape index (κ3) is 3.56. The third-order valence-electron chi connectivity index (χ3n) is 4.02. The maximum absolute atomic E-state index is 12.8. The number of carboxylic acid groups (broad SMARTS) is 1. The van der Waals surface area contributed by atoms with E-state index in [9.17, 15) is 9.59 Å². The topological polar surface area (TPSA) is 83.4 Å². The van der Waals surface area contributed by atoms with Crippen molar-refractivity contribution in [2.45, 2.75) is 52.0 Å². The Morgan fingerprint density at radius 3 is 2.57 bits per heavy atom. The predicted molar refractivity (Wildman–Crippen MR) is 77.1 cm³/mol. The van der Waals surface area contributed by atoms with Crippen LogP contribution in [0.5, 0.6) is 0 Å². The average Bonchev–Trinajstić information content (AvgIpc) is 2.45. The number of aryl methyl sites for hydroxylation is 2. The van der Waals surface area contributed by atoms with E-state index in [1.807, 2.05) is 4.90 Å². The van der Waals surface area contributed by atoms with Crippen LogP contribution >= 0.6 is 0 Å². The van der Waals surface area contributed by atoms with Gasteiger partial charge in [0.15, 0.2) is 0 Å². The molecular formula is C15H21N3O3. The van der Waals surface area contributed by atoms with Gasteiger partial charge in [0.2, 0.25) is 0 Å². The number of carbonyl (C=O) groups excluding carboxylic acids is 1. The van der Waals surface area contributed by atoms with Crippen LogP contribution in [0.3, 0.4) is 0 Å². The highest BCUT2D eigenvalue weighted by Crippen LogP contribution is 2.24. The molecule has 1 amide bonds. The van der Waals surface area contributed by atoms with Crippen molar-refractivity contribution in [1.82, 2.24) is 14.9 Å². The Labute approximate surface area is 124 Å². The highest BCUT2D eigenvalue weighted by Gasteiger charge is 2.29. The van der Waals surface area contributed by atoms with Gasteiger partial charge in [0.25, 0.3) is 5.91 Å². The molecule has 0 saturated carbocycles. The van der Waals surface area contributed by atoms with Crippen LogP contribution in [0.15, 0.2) is 6.33 Å². The molecule has 1 aliphatic rings. The SMILES string of the molecule is Cc1ncnc(C)c1C(=O)N1CCCC[C@@H]1CCC(=O)O. The van der Waals surface area contributed by atoms with Crippen molar-refractivity contribution in [2.24, 2.45) is 0 Å². The Bertz CT molecular complexity index is 525. The monoisotopic (exact) mass is 291 g/mol. The number of rotatable bonds is 4. The summed E-state index contributed by atoms with van der Waals surface area (Å²) in [7, 11) is 0. The first-order valence-corrected chi connectivity index (χ1v) is 7.31. The van der Waals surface area contributed by atoms with E-state index in [0.717, 1.165) is 19.3 Å². The van der Waals surface area contributed by atoms with Gasteiger partial charge in [-0.25, -0.2) is 9.97 Å². The zero-order valence-electron chi connectivity index (χ0n) is 12.5. The Balaban J connectivity index is 2.20. The predicted octanol–water partition coefficient (Wildman–Crippen LogP) is 1.95. The van der Waals surface area contributed by atoms with Gasteiger partial charge in [0.1, 0.15) is 6.33 Å². The van der Waals surface area contributed by atoms with Crippen molar-refractivity contribution < 1.29 is 14.7 Å². The lowest BCUT2D eigenvalue weighted by Gasteiger charge is -2.36. The van der Waals surface area contributed by atoms with Crippen LogP contribution in [0.2, 0.25) is 0 Å². The first kappa shape index (κ1) is 15.4. The van der Waals surface area contributed by atoms with E-state index in [-0.39, 0.29) is 18.4 Å². The minimum atomic E-state index is -0.816. The van der Waals surface area contributed by atoms with Gasteiger partial charge in [0.05, 0.1) is 17.0 Å². The van der Waals surface area contributed by atoms with Gasteiger partial charge in [-0.15, -0.1) is 0 Å². The van der Waals surface area contributed by atoms with Gasteiger partial charge in [-0.05, 0) is 39.5 Å². The summed E-state index contributed by atoms with van der Waals surface area (Å²) >= 11 is 0. The summed E-state index contributed by atoms with van der Waals surface area (Å²) in [5, 5.41) is 8.85. The normalized spacial score (nSPS) is 18.6. The van der Waals surface area contributed by atoms with Crippen molar-refractivity contribution in [1.29, 1.82) is 0 Å². The van der Waals surface area contributed by atoms with Crippen LogP contribution in [0.25, 0.3) is 0 Å². The molecule has 0 unspecified atom stereocenters. The summed E-state index contributed by atoms with van der Waals surface area (Å²) in [6.45, 7) is 4.28. The second kappa shape index (κ2) is 6.65. The second-order valence-corrected chi connectivity index (χ2v) is 5.50. The Kier molecular flexibility index (Phi) is 4.88. The van der Waals surface area contributed by atoms with E-state index >= 15 is 0 Å². The van der Waals surface area contributed by atoms with Crippen LogP contribution in [0.4, 0.5) is 0 Å². The van der Waals surface area contributed by atoms with E-state index in [4.69, 9.17) is 5.11 Å². The van der Waals surface area contributed by atoms with Gasteiger partial charge in [0, 0.05) is 19.0 Å². The van der Waals surface area contributed by atoms with Crippen molar-refractivity contribution in [3.63, 3.8) is 0 Å². The summed E-state index contributed by atoms with van der Waals surface area (Å²) in [5.74, 6) is -0.885. The molecule has 1 fully saturated rings. The van der Waals surface area contributed by atoms with Gasteiger partial charge < -0.3 is 10.0 Å². The molecule has 0 aliphatic carbocycles. The molecule has 0 spiro atoms. The number of hydrogen-bond donors (Lipinski definition) is 1. The molecule has 0 bridgehead atoms. The molecule has 21 heavy (non-hydrogen) atoms. The molecule has 6 heteroatoms. The molecule has 2 heterocycles. The van der Waals surface area contributed by atoms with E-state index in [1.165, 1.54) is 6.33 Å². The zero-order chi connectivity index (χ0) is 15.4. The number of hydrogen-bond acceptors (Lipinski definition) is 4. The molecule has 0 aromatic carbocycles. The molecule has 1 aliphatic heterocycles. The number of aliphatic carboxylic acids is 1. The second-order valence-electron chi connectivity index (χ2n) is 5.50. The molecule has 6 nitrogen and oxygen atoms in total. The molecule has 114 valence electrons. The maximum Gasteiger partial charge on any atom is 0.303 e. The summed E-state index contributed by atoms with van der Waals surface area (Å²) in [4.78, 5) is 33.6. The Morgan fingerprint density at radius 2 is 1.95 bits per heavy atom. The lowest BCUT2D eigenvalue weighted by Crippen LogP contribution is -2.44. The quantitative estimate of drug-likeness (QED) is 0.916. The van der Waals surface area contributed by atoms with Crippen LogP contribution in [-0.4, -0.2) is 44.4 Å². The van der Waals surface area contributed by atoms with Gasteiger partial charge in [-0.3, -0.25) is 9.59 Å². The van der Waals surface area contributed by atoms with Gasteiger partial charge >= 0.3 is 5.97 Å². The first-order chi connectivity index (χ1) is 10.0. The minimum absolute atomic E-state index is 0.00126. The van der Waals surface area contributed by atoms with Crippen molar-refractivity contribution in [2.75, 3.05) is 6.54 Å². The number of amides is 1. The molecule has 1 aromatic rings. The Hall–Kier alpha value is -1.98. The van der Waals surface area contributed by atoms with Gasteiger partial charge in [-0.2, -0.15) is 0 Å². The summed E-state index contributed by atoms with van der Waals surface area (Å²) in [5.41, 5.74) is 1.91. The van der Waals surface area contributed by atoms with Crippen LogP contribution in [0.1, 0.15) is 53.8 Å². The molecule has 1 saturated heterocycles. The maximum atomic E-state index is 12.8. The minimum Gasteiger partial charge on any atom is -0.481 e. The molecule has 1 atom stereocenters. The van der Waals surface area contributed by atoms with Crippen molar-refractivity contribution in [3.05, 3.63) is 23.3 Å². The number of likely N-dealkylation sites (tertiary alicyclic amines) is 1. The lowest BCUT2D eigenvalue weighted by atomic mass is 9.96. The van der Waals surface area contributed by atoms with Crippen LogP contribution in [-0.2, 0) is 4.79 Å². The molecule has 0 radical (unpaired) electrons. The van der Waals surface area contributed by atoms with E-state index < -0.39 is 5.97 Å². The first-order valence-electron chi connectivity index (χ1n) is 7.31. The number of carbonyl (C=O) groups is 2. The van der Waals surface area contributed by atoms with Crippen molar-refractivity contribution in [3.8, 4) is 0 Å². The summed E-state index contributed by atoms with van der Waals surface area (Å²) in [6.07, 6.45) is 4.92. The molecule has 2 rings (SSSR count). The van der Waals surface area contributed by atoms with Gasteiger partial charge in [-0.1, -0.05) is 0 Å². The molecule has 1 aromatic heterocycles. The summed E-state index contributed by atoms with van der Waals surface area (Å²) in [6, 6.07) is 0.00126. The van der Waals surface area contributed by atoms with E-state index in [0.29, 0.717) is 29.9 Å². The van der Waals surface area contributed by atoms with E-state index in [1.54, 1.807) is 13.8 Å². The number of aromatic nitrogens is 2. The number of carboxylic acids is 1. The van der Waals surface area contributed by atoms with Crippen LogP contribution < -0.4 is 0 Å². The fraction of sp³-hybridized carbons (Fsp3) is 0.600. The van der Waals surface area contributed by atoms with E-state index in [2.05, 4.69) is 9.97 Å². The lowest BCUT2D eigenvalue weighted by molar-refractivity contribution is -0.137. The summed E-state index contributed by atoms with van der Waals surface area (Å²) < 4.78 is 0. The third-order valence-corrected chi connectivity index (χ3v) is 4.02. The van der Waals surface area contributed by atoms with Crippen molar-refractivity contribution >= 4 is 11.9 Å². The highest BCUT2D eigenvalue weighted by atomic mass is 16.4. The fourth-order valence-electron chi connectivity index (χ4n) is 2.90. The smallest absolute Gasteiger partial charge is 0.303 e. The fourth-order valence-corrected chi connectivity index (χ4v) is 2.90. The highest BCUT2D eigenvalue weighted by molar-refractivity contribution is 5.96. The zero-order valence-corrected chi connectivity index (χ0v) is 12.5. The largest absolute Gasteiger partial charge is 0.481 e.